The Morgan fingerprint density at radius 1 is 0.604 bits per heavy atom. The molecule has 0 atom stereocenters. The van der Waals surface area contributed by atoms with Crippen molar-refractivity contribution in [3.05, 3.63) is 108 Å². The molecule has 12 nitrogen and oxygen atoms in total. The van der Waals surface area contributed by atoms with Crippen molar-refractivity contribution in [3.8, 4) is 23.0 Å². The van der Waals surface area contributed by atoms with Gasteiger partial charge < -0.3 is 30.3 Å². The summed E-state index contributed by atoms with van der Waals surface area (Å²) < 4.78 is 10.2. The van der Waals surface area contributed by atoms with Crippen molar-refractivity contribution in [3.63, 3.8) is 0 Å². The Hall–Kier alpha value is -6.04. The van der Waals surface area contributed by atoms with Gasteiger partial charge in [-0.3, -0.25) is 0 Å². The maximum atomic E-state index is 11.7. The summed E-state index contributed by atoms with van der Waals surface area (Å²) in [5, 5.41) is 32.7. The fourth-order valence-electron chi connectivity index (χ4n) is 4.17. The third kappa shape index (κ3) is 13.1. The van der Waals surface area contributed by atoms with Gasteiger partial charge in [-0.1, -0.05) is 48.5 Å². The second-order valence-electron chi connectivity index (χ2n) is 10.6. The van der Waals surface area contributed by atoms with Gasteiger partial charge in [0, 0.05) is 22.8 Å². The van der Waals surface area contributed by atoms with Crippen molar-refractivity contribution >= 4 is 34.9 Å². The molecule has 0 bridgehead atoms. The molecule has 0 fully saturated rings. The number of amides is 4. The number of urea groups is 2. The number of benzene rings is 4. The van der Waals surface area contributed by atoms with Crippen LogP contribution < -0.4 is 31.0 Å². The van der Waals surface area contributed by atoms with Crippen LogP contribution >= 0.6 is 0 Å². The van der Waals surface area contributed by atoms with Crippen LogP contribution in [0.15, 0.2) is 107 Å². The Morgan fingerprint density at radius 3 is 1.33 bits per heavy atom. The maximum Gasteiger partial charge on any atom is 0.339 e. The fourth-order valence-corrected chi connectivity index (χ4v) is 4.17. The van der Waals surface area contributed by atoms with Crippen LogP contribution in [0.1, 0.15) is 37.8 Å². The van der Waals surface area contributed by atoms with Crippen LogP contribution in [-0.4, -0.2) is 47.9 Å². The number of hydrazone groups is 2. The van der Waals surface area contributed by atoms with Crippen molar-refractivity contribution < 1.29 is 29.3 Å². The molecule has 0 spiro atoms. The first-order chi connectivity index (χ1) is 23.2. The standard InChI is InChI=1S/2C18H21N3O3/c2*1-13(8-9-14-10-11-16(22)17(12-14)24-2)20-21-18(23)19-15-6-4-3-5-7-15/h2*3-7,10-12,22H,8-9H2,1-2H3,(H2,19,21,23)/b2*20-13+. The predicted octanol–water partition coefficient (Wildman–Crippen LogP) is 7.06. The topological polar surface area (TPSA) is 166 Å². The largest absolute Gasteiger partial charge is 0.504 e. The molecule has 6 N–H and O–H groups in total. The number of methoxy groups -OCH3 is 2. The lowest BCUT2D eigenvalue weighted by Gasteiger charge is -2.07. The highest BCUT2D eigenvalue weighted by atomic mass is 16.5. The third-order valence-electron chi connectivity index (χ3n) is 6.80. The van der Waals surface area contributed by atoms with Crippen molar-refractivity contribution in [2.75, 3.05) is 24.9 Å². The summed E-state index contributed by atoms with van der Waals surface area (Å²) in [4.78, 5) is 23.5. The van der Waals surface area contributed by atoms with Gasteiger partial charge in [-0.15, -0.1) is 0 Å². The molecule has 0 heterocycles. The van der Waals surface area contributed by atoms with Gasteiger partial charge in [-0.05, 0) is 99.2 Å². The SMILES string of the molecule is COc1cc(CC/C(C)=N/NC(=O)Nc2ccccc2)ccc1O.COc1cc(CC/C(C)=N/NC(=O)Nc2ccccc2)ccc1O. The first-order valence-electron chi connectivity index (χ1n) is 15.2. The lowest BCUT2D eigenvalue weighted by molar-refractivity contribution is 0.251. The lowest BCUT2D eigenvalue weighted by Crippen LogP contribution is -2.25. The van der Waals surface area contributed by atoms with Gasteiger partial charge in [-0.2, -0.15) is 10.2 Å². The van der Waals surface area contributed by atoms with Crippen LogP contribution in [0, 0.1) is 0 Å². The van der Waals surface area contributed by atoms with E-state index in [2.05, 4.69) is 31.7 Å². The summed E-state index contributed by atoms with van der Waals surface area (Å²) >= 11 is 0. The number of aryl methyl sites for hydroxylation is 2. The Morgan fingerprint density at radius 2 is 0.979 bits per heavy atom. The van der Waals surface area contributed by atoms with E-state index >= 15 is 0 Å². The summed E-state index contributed by atoms with van der Waals surface area (Å²) in [5.74, 6) is 1.13. The molecule has 4 aromatic rings. The molecular formula is C36H42N6O6. The van der Waals surface area contributed by atoms with Gasteiger partial charge in [0.15, 0.2) is 23.0 Å². The van der Waals surface area contributed by atoms with E-state index in [0.717, 1.165) is 35.4 Å². The lowest BCUT2D eigenvalue weighted by atomic mass is 10.1. The molecule has 0 aliphatic carbocycles. The third-order valence-corrected chi connectivity index (χ3v) is 6.80. The first-order valence-corrected chi connectivity index (χ1v) is 15.2. The van der Waals surface area contributed by atoms with Crippen LogP contribution in [0.3, 0.4) is 0 Å². The van der Waals surface area contributed by atoms with Crippen molar-refractivity contribution in [2.24, 2.45) is 10.2 Å². The number of ether oxygens (including phenoxy) is 2. The van der Waals surface area contributed by atoms with Gasteiger partial charge in [0.1, 0.15) is 0 Å². The number of aromatic hydroxyl groups is 2. The quantitative estimate of drug-likeness (QED) is 0.0707. The number of hydrogen-bond donors (Lipinski definition) is 6. The van der Waals surface area contributed by atoms with Gasteiger partial charge in [0.05, 0.1) is 14.2 Å². The molecule has 0 aromatic heterocycles. The van der Waals surface area contributed by atoms with Gasteiger partial charge in [-0.25, -0.2) is 20.4 Å². The molecule has 4 aromatic carbocycles. The number of para-hydroxylation sites is 2. The van der Waals surface area contributed by atoms with E-state index in [1.54, 1.807) is 48.5 Å². The minimum atomic E-state index is -0.383. The van der Waals surface area contributed by atoms with Crippen LogP contribution in [0.4, 0.5) is 21.0 Å². The summed E-state index contributed by atoms with van der Waals surface area (Å²) in [5.41, 5.74) is 9.99. The molecule has 48 heavy (non-hydrogen) atoms. The number of nitrogens with zero attached hydrogens (tertiary/aromatic N) is 2. The monoisotopic (exact) mass is 654 g/mol. The van der Waals surface area contributed by atoms with E-state index in [1.807, 2.05) is 62.4 Å². The second kappa shape index (κ2) is 19.5. The van der Waals surface area contributed by atoms with Crippen LogP contribution in [0.5, 0.6) is 23.0 Å². The average Bonchev–Trinajstić information content (AvgIpc) is 3.10. The summed E-state index contributed by atoms with van der Waals surface area (Å²) in [6, 6.07) is 28.0. The van der Waals surface area contributed by atoms with E-state index in [4.69, 9.17) is 9.47 Å². The summed E-state index contributed by atoms with van der Waals surface area (Å²) in [6.45, 7) is 3.70. The predicted molar refractivity (Wildman–Crippen MR) is 189 cm³/mol. The number of phenolic OH excluding ortho intramolecular Hbond substituents is 2. The summed E-state index contributed by atoms with van der Waals surface area (Å²) in [6.07, 6.45) is 2.82. The molecule has 0 saturated carbocycles. The van der Waals surface area contributed by atoms with Crippen LogP contribution in [-0.2, 0) is 12.8 Å². The van der Waals surface area contributed by atoms with Crippen molar-refractivity contribution in [1.82, 2.24) is 10.9 Å². The summed E-state index contributed by atoms with van der Waals surface area (Å²) in [7, 11) is 3.03. The Kier molecular flexibility index (Phi) is 14.8. The molecular weight excluding hydrogens is 612 g/mol. The molecule has 0 saturated heterocycles. The van der Waals surface area contributed by atoms with Crippen LogP contribution in [0.2, 0.25) is 0 Å². The number of rotatable bonds is 12. The molecule has 252 valence electrons. The Bertz CT molecular complexity index is 1550. The van der Waals surface area contributed by atoms with Crippen molar-refractivity contribution in [2.45, 2.75) is 39.5 Å². The minimum absolute atomic E-state index is 0.117. The molecule has 0 unspecified atom stereocenters. The van der Waals surface area contributed by atoms with Gasteiger partial charge in [0.25, 0.3) is 0 Å². The highest BCUT2D eigenvalue weighted by molar-refractivity contribution is 5.91. The molecule has 0 aliphatic rings. The highest BCUT2D eigenvalue weighted by Crippen LogP contribution is 2.27. The Balaban J connectivity index is 0.000000260. The number of carbonyl (C=O) groups is 2. The molecule has 4 rings (SSSR count). The van der Waals surface area contributed by atoms with E-state index in [9.17, 15) is 19.8 Å². The number of hydrogen-bond acceptors (Lipinski definition) is 8. The van der Waals surface area contributed by atoms with Crippen molar-refractivity contribution in [1.29, 1.82) is 0 Å². The zero-order valence-corrected chi connectivity index (χ0v) is 27.5. The number of carbonyl (C=O) groups excluding carboxylic acids is 2. The fraction of sp³-hybridized carbons (Fsp3) is 0.222. The number of anilines is 2. The smallest absolute Gasteiger partial charge is 0.339 e. The zero-order valence-electron chi connectivity index (χ0n) is 27.5. The van der Waals surface area contributed by atoms with E-state index in [-0.39, 0.29) is 23.6 Å². The molecule has 0 radical (unpaired) electrons. The first kappa shape index (κ1) is 36.4. The van der Waals surface area contributed by atoms with E-state index < -0.39 is 0 Å². The normalized spacial score (nSPS) is 11.0. The minimum Gasteiger partial charge on any atom is -0.504 e. The maximum absolute atomic E-state index is 11.7. The van der Waals surface area contributed by atoms with Gasteiger partial charge in [0.2, 0.25) is 0 Å². The Labute approximate surface area is 280 Å². The molecule has 4 amide bonds. The molecule has 0 aliphatic heterocycles. The number of nitrogens with one attached hydrogen (secondary N) is 4. The van der Waals surface area contributed by atoms with Crippen LogP contribution in [0.25, 0.3) is 0 Å². The zero-order chi connectivity index (χ0) is 34.7. The molecule has 12 heteroatoms. The van der Waals surface area contributed by atoms with Gasteiger partial charge >= 0.3 is 12.1 Å². The second-order valence-corrected chi connectivity index (χ2v) is 10.6. The highest BCUT2D eigenvalue weighted by Gasteiger charge is 2.06. The average molecular weight is 655 g/mol. The van der Waals surface area contributed by atoms with E-state index in [1.165, 1.54) is 14.2 Å². The van der Waals surface area contributed by atoms with E-state index in [0.29, 0.717) is 35.7 Å². The number of phenols is 2.